The number of para-hydroxylation sites is 1. The summed E-state index contributed by atoms with van der Waals surface area (Å²) in [6.45, 7) is 3.98. The number of carbonyl (C=O) groups excluding carboxylic acids is 2. The van der Waals surface area contributed by atoms with E-state index in [0.29, 0.717) is 34.3 Å². The lowest BCUT2D eigenvalue weighted by molar-refractivity contribution is 0.0252. The van der Waals surface area contributed by atoms with Gasteiger partial charge in [0, 0.05) is 18.0 Å². The monoisotopic (exact) mass is 467 g/mol. The van der Waals surface area contributed by atoms with Crippen LogP contribution in [0.2, 0.25) is 0 Å². The lowest BCUT2D eigenvalue weighted by Gasteiger charge is -2.28. The van der Waals surface area contributed by atoms with Crippen LogP contribution in [-0.2, 0) is 17.7 Å². The molecular formula is C28H25N3O4. The van der Waals surface area contributed by atoms with Gasteiger partial charge >= 0.3 is 5.97 Å². The molecule has 0 saturated carbocycles. The molecule has 3 aromatic carbocycles. The van der Waals surface area contributed by atoms with Gasteiger partial charge in [0.15, 0.2) is 0 Å². The molecule has 1 aliphatic rings. The molecule has 0 bridgehead atoms. The van der Waals surface area contributed by atoms with Crippen LogP contribution < -0.4 is 5.56 Å². The van der Waals surface area contributed by atoms with Crippen molar-refractivity contribution in [1.82, 2.24) is 14.9 Å². The molecule has 1 aliphatic heterocycles. The van der Waals surface area contributed by atoms with Gasteiger partial charge in [-0.1, -0.05) is 42.5 Å². The maximum absolute atomic E-state index is 13.5. The molecule has 35 heavy (non-hydrogen) atoms. The van der Waals surface area contributed by atoms with Crippen LogP contribution in [0, 0.1) is 0 Å². The van der Waals surface area contributed by atoms with Crippen LogP contribution in [0.1, 0.15) is 57.6 Å². The number of carbonyl (C=O) groups is 2. The standard InChI is InChI=1S/C28H25N3O4/c1-17(2)31(16-25-29-23-11-7-6-10-22(23)26(32)30-25)27(33)19-12-13-21-20(14-19)15-24(35-28(21)34)18-8-4-3-5-9-18/h3-14,17,24H,15-16H2,1-2H3,(H,29,30,32)/t24-/m1/s1. The topological polar surface area (TPSA) is 92.4 Å². The van der Waals surface area contributed by atoms with Crippen molar-refractivity contribution < 1.29 is 14.3 Å². The van der Waals surface area contributed by atoms with Crippen molar-refractivity contribution in [1.29, 1.82) is 0 Å². The van der Waals surface area contributed by atoms with E-state index in [0.717, 1.165) is 11.1 Å². The quantitative estimate of drug-likeness (QED) is 0.439. The molecule has 0 unspecified atom stereocenters. The van der Waals surface area contributed by atoms with Gasteiger partial charge in [-0.15, -0.1) is 0 Å². The number of aromatic amines is 1. The lowest BCUT2D eigenvalue weighted by Crippen LogP contribution is -2.37. The van der Waals surface area contributed by atoms with Gasteiger partial charge in [0.1, 0.15) is 11.9 Å². The molecule has 1 aromatic heterocycles. The van der Waals surface area contributed by atoms with E-state index in [2.05, 4.69) is 9.97 Å². The summed E-state index contributed by atoms with van der Waals surface area (Å²) >= 11 is 0. The average Bonchev–Trinajstić information content (AvgIpc) is 2.87. The number of nitrogens with zero attached hydrogens (tertiary/aromatic N) is 2. The van der Waals surface area contributed by atoms with Crippen LogP contribution in [0.3, 0.4) is 0 Å². The highest BCUT2D eigenvalue weighted by molar-refractivity contribution is 5.98. The highest BCUT2D eigenvalue weighted by atomic mass is 16.5. The fourth-order valence-electron chi connectivity index (χ4n) is 4.41. The van der Waals surface area contributed by atoms with E-state index in [1.165, 1.54) is 0 Å². The fraction of sp³-hybridized carbons (Fsp3) is 0.214. The number of ether oxygens (including phenoxy) is 1. The number of nitrogens with one attached hydrogen (secondary N) is 1. The van der Waals surface area contributed by atoms with Gasteiger partial charge in [0.25, 0.3) is 11.5 Å². The number of fused-ring (bicyclic) bond motifs is 2. The molecular weight excluding hydrogens is 442 g/mol. The third-order valence-electron chi connectivity index (χ3n) is 6.26. The van der Waals surface area contributed by atoms with Crippen molar-refractivity contribution in [2.24, 2.45) is 0 Å². The van der Waals surface area contributed by atoms with Crippen molar-refractivity contribution in [3.05, 3.63) is 111 Å². The van der Waals surface area contributed by atoms with E-state index < -0.39 is 12.1 Å². The van der Waals surface area contributed by atoms with Crippen LogP contribution >= 0.6 is 0 Å². The Labute approximate surface area is 202 Å². The average molecular weight is 468 g/mol. The molecule has 1 atom stereocenters. The normalized spacial score (nSPS) is 15.1. The van der Waals surface area contributed by atoms with Gasteiger partial charge in [-0.25, -0.2) is 9.78 Å². The van der Waals surface area contributed by atoms with Crippen LogP contribution in [0.25, 0.3) is 10.9 Å². The summed E-state index contributed by atoms with van der Waals surface area (Å²) in [4.78, 5) is 47.7. The van der Waals surface area contributed by atoms with E-state index in [4.69, 9.17) is 4.74 Å². The Balaban J connectivity index is 1.44. The van der Waals surface area contributed by atoms with E-state index in [-0.39, 0.29) is 24.1 Å². The second kappa shape index (κ2) is 9.18. The Morgan fingerprint density at radius 3 is 2.57 bits per heavy atom. The Morgan fingerprint density at radius 2 is 1.80 bits per heavy atom. The first kappa shape index (κ1) is 22.5. The van der Waals surface area contributed by atoms with Crippen molar-refractivity contribution in [3.8, 4) is 0 Å². The summed E-state index contributed by atoms with van der Waals surface area (Å²) in [5.74, 6) is -0.173. The zero-order valence-electron chi connectivity index (χ0n) is 19.5. The number of rotatable bonds is 5. The van der Waals surface area contributed by atoms with Crippen molar-refractivity contribution in [3.63, 3.8) is 0 Å². The Kier molecular flexibility index (Phi) is 5.91. The Morgan fingerprint density at radius 1 is 1.06 bits per heavy atom. The van der Waals surface area contributed by atoms with Crippen LogP contribution in [-0.4, -0.2) is 32.8 Å². The number of H-pyrrole nitrogens is 1. The maximum atomic E-state index is 13.5. The summed E-state index contributed by atoms with van der Waals surface area (Å²) in [5.41, 5.74) is 3.00. The molecule has 7 heteroatoms. The highest BCUT2D eigenvalue weighted by Gasteiger charge is 2.29. The summed E-state index contributed by atoms with van der Waals surface area (Å²) in [7, 11) is 0. The molecule has 1 N–H and O–H groups in total. The van der Waals surface area contributed by atoms with E-state index >= 15 is 0 Å². The van der Waals surface area contributed by atoms with Crippen LogP contribution in [0.15, 0.2) is 77.6 Å². The zero-order valence-corrected chi connectivity index (χ0v) is 19.5. The molecule has 4 aromatic rings. The number of hydrogen-bond acceptors (Lipinski definition) is 5. The van der Waals surface area contributed by atoms with Crippen LogP contribution in [0.4, 0.5) is 0 Å². The van der Waals surface area contributed by atoms with Crippen molar-refractivity contribution in [2.75, 3.05) is 0 Å². The molecule has 0 aliphatic carbocycles. The number of cyclic esters (lactones) is 1. The first-order valence-electron chi connectivity index (χ1n) is 11.6. The van der Waals surface area contributed by atoms with E-state index in [1.807, 2.05) is 50.2 Å². The minimum atomic E-state index is -0.394. The fourth-order valence-corrected chi connectivity index (χ4v) is 4.41. The van der Waals surface area contributed by atoms with Gasteiger partial charge < -0.3 is 14.6 Å². The Bertz CT molecular complexity index is 1480. The van der Waals surface area contributed by atoms with Crippen molar-refractivity contribution in [2.45, 2.75) is 39.0 Å². The van der Waals surface area contributed by atoms with Gasteiger partial charge in [-0.3, -0.25) is 9.59 Å². The second-order valence-electron chi connectivity index (χ2n) is 8.94. The number of esters is 1. The number of benzene rings is 3. The molecule has 1 amide bonds. The largest absolute Gasteiger partial charge is 0.454 e. The first-order chi connectivity index (χ1) is 16.9. The predicted molar refractivity (Wildman–Crippen MR) is 132 cm³/mol. The molecule has 7 nitrogen and oxygen atoms in total. The van der Waals surface area contributed by atoms with Crippen LogP contribution in [0.5, 0.6) is 0 Å². The third kappa shape index (κ3) is 4.45. The molecule has 5 rings (SSSR count). The number of amides is 1. The third-order valence-corrected chi connectivity index (χ3v) is 6.26. The first-order valence-corrected chi connectivity index (χ1v) is 11.6. The van der Waals surface area contributed by atoms with Gasteiger partial charge in [-0.2, -0.15) is 0 Å². The number of aromatic nitrogens is 2. The summed E-state index contributed by atoms with van der Waals surface area (Å²) in [5, 5.41) is 0.508. The molecule has 0 spiro atoms. The summed E-state index contributed by atoms with van der Waals surface area (Å²) in [6.07, 6.45) is 0.0996. The summed E-state index contributed by atoms with van der Waals surface area (Å²) < 4.78 is 5.63. The summed E-state index contributed by atoms with van der Waals surface area (Å²) in [6, 6.07) is 21.6. The molecule has 0 radical (unpaired) electrons. The number of hydrogen-bond donors (Lipinski definition) is 1. The Hall–Kier alpha value is -4.26. The molecule has 2 heterocycles. The van der Waals surface area contributed by atoms with E-state index in [1.54, 1.807) is 41.3 Å². The van der Waals surface area contributed by atoms with Gasteiger partial charge in [-0.05, 0) is 55.3 Å². The zero-order chi connectivity index (χ0) is 24.5. The van der Waals surface area contributed by atoms with Gasteiger partial charge in [0.2, 0.25) is 0 Å². The molecule has 176 valence electrons. The second-order valence-corrected chi connectivity index (χ2v) is 8.94. The molecule has 0 fully saturated rings. The lowest BCUT2D eigenvalue weighted by atomic mass is 9.93. The highest BCUT2D eigenvalue weighted by Crippen LogP contribution is 2.31. The van der Waals surface area contributed by atoms with E-state index in [9.17, 15) is 14.4 Å². The minimum absolute atomic E-state index is 0.141. The maximum Gasteiger partial charge on any atom is 0.339 e. The van der Waals surface area contributed by atoms with Crippen molar-refractivity contribution >= 4 is 22.8 Å². The smallest absolute Gasteiger partial charge is 0.339 e. The minimum Gasteiger partial charge on any atom is -0.454 e. The SMILES string of the molecule is CC(C)N(Cc1nc2ccccc2c(=O)[nH]1)C(=O)c1ccc2c(c1)C[C@H](c1ccccc1)OC2=O. The van der Waals surface area contributed by atoms with Gasteiger partial charge in [0.05, 0.1) is 23.0 Å². The molecule has 0 saturated heterocycles. The predicted octanol–water partition coefficient (Wildman–Crippen LogP) is 4.43.